The SMILES string of the molecule is CC.Cc1cc(F)c2c(c1)CN(C)C2=O. The maximum Gasteiger partial charge on any atom is 0.257 e. The lowest BCUT2D eigenvalue weighted by atomic mass is 10.1. The van der Waals surface area contributed by atoms with Crippen molar-refractivity contribution in [3.05, 3.63) is 34.6 Å². The van der Waals surface area contributed by atoms with Crippen molar-refractivity contribution >= 4 is 5.91 Å². The molecule has 0 unspecified atom stereocenters. The highest BCUT2D eigenvalue weighted by atomic mass is 19.1. The van der Waals surface area contributed by atoms with Gasteiger partial charge >= 0.3 is 0 Å². The first-order valence-corrected chi connectivity index (χ1v) is 5.14. The van der Waals surface area contributed by atoms with Crippen molar-refractivity contribution in [1.29, 1.82) is 0 Å². The normalized spacial score (nSPS) is 13.4. The standard InChI is InChI=1S/C10H10FNO.C2H6/c1-6-3-7-5-12(2)10(13)9(7)8(11)4-6;1-2/h3-4H,5H2,1-2H3;1-2H3. The van der Waals surface area contributed by atoms with Crippen molar-refractivity contribution in [1.82, 2.24) is 4.90 Å². The van der Waals surface area contributed by atoms with Gasteiger partial charge in [-0.25, -0.2) is 4.39 Å². The van der Waals surface area contributed by atoms with Gasteiger partial charge in [-0.05, 0) is 24.1 Å². The van der Waals surface area contributed by atoms with E-state index in [-0.39, 0.29) is 11.5 Å². The fourth-order valence-electron chi connectivity index (χ4n) is 1.70. The third-order valence-electron chi connectivity index (χ3n) is 2.28. The van der Waals surface area contributed by atoms with Gasteiger partial charge < -0.3 is 4.90 Å². The lowest BCUT2D eigenvalue weighted by Gasteiger charge is -2.04. The number of carbonyl (C=O) groups is 1. The third kappa shape index (κ3) is 2.01. The molecule has 1 amide bonds. The number of fused-ring (bicyclic) bond motifs is 1. The van der Waals surface area contributed by atoms with Gasteiger partial charge in [-0.1, -0.05) is 19.9 Å². The summed E-state index contributed by atoms with van der Waals surface area (Å²) in [6, 6.07) is 3.26. The number of aryl methyl sites for hydroxylation is 1. The fourth-order valence-corrected chi connectivity index (χ4v) is 1.70. The number of hydrogen-bond donors (Lipinski definition) is 0. The maximum atomic E-state index is 13.3. The van der Waals surface area contributed by atoms with Crippen LogP contribution in [0.3, 0.4) is 0 Å². The molecule has 0 N–H and O–H groups in total. The van der Waals surface area contributed by atoms with Crippen LogP contribution >= 0.6 is 0 Å². The van der Waals surface area contributed by atoms with E-state index in [1.54, 1.807) is 7.05 Å². The average molecular weight is 209 g/mol. The van der Waals surface area contributed by atoms with Gasteiger partial charge in [-0.2, -0.15) is 0 Å². The Morgan fingerprint density at radius 1 is 1.33 bits per heavy atom. The number of halogens is 1. The fraction of sp³-hybridized carbons (Fsp3) is 0.417. The molecule has 0 radical (unpaired) electrons. The monoisotopic (exact) mass is 209 g/mol. The van der Waals surface area contributed by atoms with Gasteiger partial charge in [0.05, 0.1) is 5.56 Å². The number of rotatable bonds is 0. The number of hydrogen-bond acceptors (Lipinski definition) is 1. The van der Waals surface area contributed by atoms with Gasteiger partial charge in [0.1, 0.15) is 5.82 Å². The molecule has 1 heterocycles. The van der Waals surface area contributed by atoms with E-state index in [9.17, 15) is 9.18 Å². The summed E-state index contributed by atoms with van der Waals surface area (Å²) >= 11 is 0. The van der Waals surface area contributed by atoms with Gasteiger partial charge in [0.25, 0.3) is 5.91 Å². The first-order chi connectivity index (χ1) is 7.09. The highest BCUT2D eigenvalue weighted by Crippen LogP contribution is 2.25. The summed E-state index contributed by atoms with van der Waals surface area (Å²) < 4.78 is 13.3. The average Bonchev–Trinajstić information content (AvgIpc) is 2.45. The van der Waals surface area contributed by atoms with E-state index < -0.39 is 5.82 Å². The molecule has 1 aromatic carbocycles. The molecule has 82 valence electrons. The first-order valence-electron chi connectivity index (χ1n) is 5.14. The van der Waals surface area contributed by atoms with Crippen LogP contribution in [0.4, 0.5) is 4.39 Å². The Morgan fingerprint density at radius 2 is 1.93 bits per heavy atom. The van der Waals surface area contributed by atoms with Crippen LogP contribution in [-0.2, 0) is 6.54 Å². The molecule has 0 atom stereocenters. The van der Waals surface area contributed by atoms with E-state index in [2.05, 4.69) is 0 Å². The summed E-state index contributed by atoms with van der Waals surface area (Å²) in [6.07, 6.45) is 0. The Hall–Kier alpha value is -1.38. The molecule has 0 spiro atoms. The number of amides is 1. The highest BCUT2D eigenvalue weighted by Gasteiger charge is 2.27. The minimum absolute atomic E-state index is 0.215. The van der Waals surface area contributed by atoms with E-state index in [0.29, 0.717) is 6.54 Å². The summed E-state index contributed by atoms with van der Waals surface area (Å²) in [5.74, 6) is -0.614. The molecule has 0 fully saturated rings. The molecule has 3 heteroatoms. The van der Waals surface area contributed by atoms with Gasteiger partial charge in [-0.15, -0.1) is 0 Å². The van der Waals surface area contributed by atoms with Crippen LogP contribution in [0.2, 0.25) is 0 Å². The third-order valence-corrected chi connectivity index (χ3v) is 2.28. The van der Waals surface area contributed by atoms with E-state index in [4.69, 9.17) is 0 Å². The van der Waals surface area contributed by atoms with Crippen molar-refractivity contribution in [3.8, 4) is 0 Å². The Bertz CT molecular complexity index is 387. The molecular formula is C12H16FNO. The van der Waals surface area contributed by atoms with Crippen molar-refractivity contribution in [2.75, 3.05) is 7.05 Å². The molecule has 1 aromatic rings. The van der Waals surface area contributed by atoms with Crippen molar-refractivity contribution in [2.24, 2.45) is 0 Å². The topological polar surface area (TPSA) is 20.3 Å². The minimum Gasteiger partial charge on any atom is -0.337 e. The van der Waals surface area contributed by atoms with Crippen LogP contribution < -0.4 is 0 Å². The Morgan fingerprint density at radius 3 is 2.53 bits per heavy atom. The summed E-state index contributed by atoms with van der Waals surface area (Å²) in [7, 11) is 1.68. The van der Waals surface area contributed by atoms with E-state index in [0.717, 1.165) is 11.1 Å². The molecule has 0 aromatic heterocycles. The van der Waals surface area contributed by atoms with Gasteiger partial charge in [0.2, 0.25) is 0 Å². The molecule has 1 aliphatic rings. The summed E-state index contributed by atoms with van der Waals surface area (Å²) in [5, 5.41) is 0. The molecule has 15 heavy (non-hydrogen) atoms. The lowest BCUT2D eigenvalue weighted by Crippen LogP contribution is -2.18. The second-order valence-corrected chi connectivity index (χ2v) is 3.44. The number of nitrogens with zero attached hydrogens (tertiary/aromatic N) is 1. The van der Waals surface area contributed by atoms with Crippen molar-refractivity contribution < 1.29 is 9.18 Å². The Labute approximate surface area is 89.7 Å². The summed E-state index contributed by atoms with van der Waals surface area (Å²) in [5.41, 5.74) is 1.90. The molecule has 2 nitrogen and oxygen atoms in total. The van der Waals surface area contributed by atoms with Crippen molar-refractivity contribution in [3.63, 3.8) is 0 Å². The minimum atomic E-state index is -0.399. The van der Waals surface area contributed by atoms with Crippen LogP contribution in [0.15, 0.2) is 12.1 Å². The molecule has 2 rings (SSSR count). The highest BCUT2D eigenvalue weighted by molar-refractivity contribution is 5.98. The van der Waals surface area contributed by atoms with E-state index in [1.807, 2.05) is 26.8 Å². The lowest BCUT2D eigenvalue weighted by molar-refractivity contribution is 0.0813. The number of benzene rings is 1. The molecule has 0 aliphatic carbocycles. The summed E-state index contributed by atoms with van der Waals surface area (Å²) in [4.78, 5) is 12.9. The second kappa shape index (κ2) is 4.43. The Balaban J connectivity index is 0.000000531. The van der Waals surface area contributed by atoms with Gasteiger partial charge in [-0.3, -0.25) is 4.79 Å². The second-order valence-electron chi connectivity index (χ2n) is 3.44. The zero-order valence-electron chi connectivity index (χ0n) is 9.60. The van der Waals surface area contributed by atoms with Crippen molar-refractivity contribution in [2.45, 2.75) is 27.3 Å². The van der Waals surface area contributed by atoms with Gasteiger partial charge in [0.15, 0.2) is 0 Å². The predicted octanol–water partition coefficient (Wildman–Crippen LogP) is 2.75. The van der Waals surface area contributed by atoms with E-state index >= 15 is 0 Å². The van der Waals surface area contributed by atoms with Gasteiger partial charge in [0, 0.05) is 13.6 Å². The maximum absolute atomic E-state index is 13.3. The van der Waals surface area contributed by atoms with Crippen LogP contribution in [0, 0.1) is 12.7 Å². The quantitative estimate of drug-likeness (QED) is 0.643. The molecule has 0 bridgehead atoms. The van der Waals surface area contributed by atoms with E-state index in [1.165, 1.54) is 11.0 Å². The van der Waals surface area contributed by atoms with Crippen LogP contribution in [0.1, 0.15) is 35.3 Å². The molecule has 0 saturated carbocycles. The largest absolute Gasteiger partial charge is 0.337 e. The van der Waals surface area contributed by atoms with Crippen LogP contribution in [0.25, 0.3) is 0 Å². The zero-order chi connectivity index (χ0) is 11.6. The smallest absolute Gasteiger partial charge is 0.257 e. The summed E-state index contributed by atoms with van der Waals surface area (Å²) in [6.45, 7) is 6.35. The predicted molar refractivity (Wildman–Crippen MR) is 58.3 cm³/mol. The molecule has 1 aliphatic heterocycles. The Kier molecular flexibility index (Phi) is 3.45. The molecule has 0 saturated heterocycles. The van der Waals surface area contributed by atoms with Crippen LogP contribution in [0.5, 0.6) is 0 Å². The van der Waals surface area contributed by atoms with Crippen LogP contribution in [-0.4, -0.2) is 17.9 Å². The zero-order valence-corrected chi connectivity index (χ0v) is 9.60. The number of carbonyl (C=O) groups excluding carboxylic acids is 1. The first kappa shape index (κ1) is 11.7. The molecular weight excluding hydrogens is 193 g/mol.